The van der Waals surface area contributed by atoms with E-state index in [0.717, 1.165) is 6.08 Å². The van der Waals surface area contributed by atoms with Crippen LogP contribution in [0.5, 0.6) is 0 Å². The van der Waals surface area contributed by atoms with Crippen molar-refractivity contribution in [2.24, 2.45) is 0 Å². The zero-order chi connectivity index (χ0) is 16.4. The predicted molar refractivity (Wildman–Crippen MR) is 85.6 cm³/mol. The number of ketones is 1. The Balaban J connectivity index is 1.84. The van der Waals surface area contributed by atoms with Crippen LogP contribution < -0.4 is 5.32 Å². The Hall–Kier alpha value is -2.92. The molecule has 3 rings (SSSR count). The average Bonchev–Trinajstić information content (AvgIpc) is 2.79. The number of para-hydroxylation sites is 1. The van der Waals surface area contributed by atoms with Gasteiger partial charge in [0.15, 0.2) is 11.4 Å². The lowest BCUT2D eigenvalue weighted by molar-refractivity contribution is -0.138. The molecule has 0 unspecified atom stereocenters. The molecule has 1 aliphatic heterocycles. The van der Waals surface area contributed by atoms with E-state index in [-0.39, 0.29) is 5.76 Å². The number of carbonyl (C=O) groups is 2. The van der Waals surface area contributed by atoms with E-state index in [1.807, 2.05) is 0 Å². The maximum Gasteiger partial charge on any atom is 0.261 e. The SMILES string of the molecule is O=C(/C=C(\O)c1ccccc1)C[C@]1(O)C(=O)Nc2ccccc21. The lowest BCUT2D eigenvalue weighted by Crippen LogP contribution is -2.36. The summed E-state index contributed by atoms with van der Waals surface area (Å²) in [5.74, 6) is -1.38. The summed E-state index contributed by atoms with van der Waals surface area (Å²) in [6, 6.07) is 15.3. The molecule has 23 heavy (non-hydrogen) atoms. The van der Waals surface area contributed by atoms with Gasteiger partial charge in [0.25, 0.3) is 5.91 Å². The predicted octanol–water partition coefficient (Wildman–Crippen LogP) is 2.38. The molecule has 0 saturated heterocycles. The lowest BCUT2D eigenvalue weighted by atomic mass is 9.89. The number of hydrogen-bond donors (Lipinski definition) is 3. The van der Waals surface area contributed by atoms with Crippen LogP contribution in [0.4, 0.5) is 5.69 Å². The number of nitrogens with one attached hydrogen (secondary N) is 1. The highest BCUT2D eigenvalue weighted by Gasteiger charge is 2.46. The van der Waals surface area contributed by atoms with E-state index in [4.69, 9.17) is 0 Å². The minimum absolute atomic E-state index is 0.203. The maximum absolute atomic E-state index is 12.2. The normalized spacial score (nSPS) is 20.0. The Labute approximate surface area is 132 Å². The van der Waals surface area contributed by atoms with Crippen LogP contribution in [0.1, 0.15) is 17.5 Å². The molecule has 0 radical (unpaired) electrons. The molecular weight excluding hydrogens is 294 g/mol. The largest absolute Gasteiger partial charge is 0.507 e. The third-order valence-electron chi connectivity index (χ3n) is 3.79. The van der Waals surface area contributed by atoms with Gasteiger partial charge < -0.3 is 15.5 Å². The lowest BCUT2D eigenvalue weighted by Gasteiger charge is -2.19. The number of anilines is 1. The van der Waals surface area contributed by atoms with E-state index in [9.17, 15) is 19.8 Å². The van der Waals surface area contributed by atoms with E-state index >= 15 is 0 Å². The number of benzene rings is 2. The first-order valence-corrected chi connectivity index (χ1v) is 7.13. The molecule has 0 aromatic heterocycles. The van der Waals surface area contributed by atoms with Crippen molar-refractivity contribution in [1.82, 2.24) is 0 Å². The summed E-state index contributed by atoms with van der Waals surface area (Å²) in [5.41, 5.74) is -0.569. The van der Waals surface area contributed by atoms with Crippen LogP contribution in [0, 0.1) is 0 Å². The van der Waals surface area contributed by atoms with Crippen molar-refractivity contribution in [3.8, 4) is 0 Å². The number of fused-ring (bicyclic) bond motifs is 1. The van der Waals surface area contributed by atoms with E-state index in [0.29, 0.717) is 16.8 Å². The summed E-state index contributed by atoms with van der Waals surface area (Å²) < 4.78 is 0. The van der Waals surface area contributed by atoms with Crippen LogP contribution in [0.2, 0.25) is 0 Å². The summed E-state index contributed by atoms with van der Waals surface area (Å²) in [4.78, 5) is 24.2. The van der Waals surface area contributed by atoms with Crippen LogP contribution >= 0.6 is 0 Å². The van der Waals surface area contributed by atoms with Crippen LogP contribution in [0.3, 0.4) is 0 Å². The third-order valence-corrected chi connectivity index (χ3v) is 3.79. The van der Waals surface area contributed by atoms with Crippen molar-refractivity contribution in [3.05, 3.63) is 71.8 Å². The fourth-order valence-corrected chi connectivity index (χ4v) is 2.62. The number of amides is 1. The summed E-state index contributed by atoms with van der Waals surface area (Å²) in [6.45, 7) is 0. The van der Waals surface area contributed by atoms with Gasteiger partial charge in [-0.15, -0.1) is 0 Å². The van der Waals surface area contributed by atoms with Crippen molar-refractivity contribution in [1.29, 1.82) is 0 Å². The van der Waals surface area contributed by atoms with Crippen molar-refractivity contribution in [3.63, 3.8) is 0 Å². The monoisotopic (exact) mass is 309 g/mol. The van der Waals surface area contributed by atoms with E-state index < -0.39 is 23.7 Å². The van der Waals surface area contributed by atoms with Gasteiger partial charge in [-0.1, -0.05) is 48.5 Å². The van der Waals surface area contributed by atoms with Gasteiger partial charge in [0.1, 0.15) is 5.76 Å². The molecular formula is C18H15NO4. The third kappa shape index (κ3) is 2.74. The maximum atomic E-state index is 12.2. The second kappa shape index (κ2) is 5.70. The number of allylic oxidation sites excluding steroid dienone is 1. The van der Waals surface area contributed by atoms with E-state index in [1.165, 1.54) is 0 Å². The van der Waals surface area contributed by atoms with Crippen molar-refractivity contribution in [2.45, 2.75) is 12.0 Å². The molecule has 3 N–H and O–H groups in total. The standard InChI is InChI=1S/C18H15NO4/c20-13(10-16(21)12-6-2-1-3-7-12)11-18(23)14-8-4-5-9-15(14)19-17(18)22/h1-10,21,23H,11H2,(H,19,22)/b16-10-/t18-/m1/s1. The molecule has 0 aliphatic carbocycles. The highest BCUT2D eigenvalue weighted by atomic mass is 16.3. The van der Waals surface area contributed by atoms with Crippen LogP contribution in [-0.2, 0) is 15.2 Å². The summed E-state index contributed by atoms with van der Waals surface area (Å²) in [7, 11) is 0. The Kier molecular flexibility index (Phi) is 3.72. The zero-order valence-electron chi connectivity index (χ0n) is 12.2. The molecule has 2 aromatic carbocycles. The van der Waals surface area contributed by atoms with Crippen molar-refractivity contribution >= 4 is 23.1 Å². The highest BCUT2D eigenvalue weighted by molar-refractivity contribution is 6.09. The molecule has 1 heterocycles. The minimum Gasteiger partial charge on any atom is -0.507 e. The number of carbonyl (C=O) groups excluding carboxylic acids is 2. The van der Waals surface area contributed by atoms with Gasteiger partial charge in [-0.25, -0.2) is 0 Å². The Bertz CT molecular complexity index is 798. The minimum atomic E-state index is -1.92. The molecule has 0 spiro atoms. The first-order chi connectivity index (χ1) is 11.0. The van der Waals surface area contributed by atoms with Crippen LogP contribution in [0.25, 0.3) is 5.76 Å². The van der Waals surface area contributed by atoms with Gasteiger partial charge in [-0.05, 0) is 6.07 Å². The topological polar surface area (TPSA) is 86.6 Å². The van der Waals surface area contributed by atoms with Crippen molar-refractivity contribution in [2.75, 3.05) is 5.32 Å². The zero-order valence-corrected chi connectivity index (χ0v) is 12.2. The summed E-state index contributed by atoms with van der Waals surface area (Å²) >= 11 is 0. The summed E-state index contributed by atoms with van der Waals surface area (Å²) in [6.07, 6.45) is 0.592. The van der Waals surface area contributed by atoms with E-state index in [2.05, 4.69) is 5.32 Å². The number of aliphatic hydroxyl groups is 2. The van der Waals surface area contributed by atoms with E-state index in [1.54, 1.807) is 54.6 Å². The average molecular weight is 309 g/mol. The second-order valence-corrected chi connectivity index (χ2v) is 5.40. The first-order valence-electron chi connectivity index (χ1n) is 7.13. The van der Waals surface area contributed by atoms with Crippen molar-refractivity contribution < 1.29 is 19.8 Å². The fraction of sp³-hybridized carbons (Fsp3) is 0.111. The van der Waals surface area contributed by atoms with Gasteiger partial charge in [0.05, 0.1) is 6.42 Å². The van der Waals surface area contributed by atoms with Gasteiger partial charge >= 0.3 is 0 Å². The van der Waals surface area contributed by atoms with Gasteiger partial charge in [-0.2, -0.15) is 0 Å². The van der Waals surface area contributed by atoms with Gasteiger partial charge in [0, 0.05) is 22.9 Å². The Morgan fingerprint density at radius 1 is 1.09 bits per heavy atom. The number of hydrogen-bond acceptors (Lipinski definition) is 4. The molecule has 5 nitrogen and oxygen atoms in total. The Morgan fingerprint density at radius 3 is 2.48 bits per heavy atom. The molecule has 1 atom stereocenters. The first kappa shape index (κ1) is 15.0. The van der Waals surface area contributed by atoms with Crippen LogP contribution in [0.15, 0.2) is 60.7 Å². The Morgan fingerprint density at radius 2 is 1.74 bits per heavy atom. The second-order valence-electron chi connectivity index (χ2n) is 5.40. The highest BCUT2D eigenvalue weighted by Crippen LogP contribution is 2.38. The molecule has 116 valence electrons. The molecule has 2 aromatic rings. The number of rotatable bonds is 4. The van der Waals surface area contributed by atoms with Gasteiger partial charge in [-0.3, -0.25) is 9.59 Å². The smallest absolute Gasteiger partial charge is 0.261 e. The molecule has 0 bridgehead atoms. The molecule has 1 aliphatic rings. The molecule has 0 fully saturated rings. The van der Waals surface area contributed by atoms with Crippen LogP contribution in [-0.4, -0.2) is 21.9 Å². The fourth-order valence-electron chi connectivity index (χ4n) is 2.62. The molecule has 5 heteroatoms. The molecule has 0 saturated carbocycles. The molecule has 1 amide bonds. The van der Waals surface area contributed by atoms with Gasteiger partial charge in [0.2, 0.25) is 0 Å². The number of aliphatic hydroxyl groups excluding tert-OH is 1. The quantitative estimate of drug-likeness (QED) is 0.598. The summed E-state index contributed by atoms with van der Waals surface area (Å²) in [5, 5.41) is 23.1.